The first kappa shape index (κ1) is 18.6. The van der Waals surface area contributed by atoms with Gasteiger partial charge in [0.2, 0.25) is 11.1 Å². The van der Waals surface area contributed by atoms with Crippen molar-refractivity contribution in [1.82, 2.24) is 20.2 Å². The molecule has 1 aliphatic carbocycles. The van der Waals surface area contributed by atoms with Crippen LogP contribution in [0.4, 0.5) is 5.00 Å². The molecular weight excluding hydrogens is 396 g/mol. The molecule has 0 bridgehead atoms. The summed E-state index contributed by atoms with van der Waals surface area (Å²) in [4.78, 5) is 25.6. The topological polar surface area (TPSA) is 116 Å². The molecule has 3 N–H and O–H groups in total. The van der Waals surface area contributed by atoms with Crippen LogP contribution in [0.2, 0.25) is 0 Å². The molecule has 4 rings (SSSR count). The lowest BCUT2D eigenvalue weighted by atomic mass is 9.95. The maximum absolute atomic E-state index is 12.5. The normalized spacial score (nSPS) is 13.1. The molecule has 0 aliphatic heterocycles. The zero-order valence-corrected chi connectivity index (χ0v) is 16.6. The number of aromatic nitrogens is 4. The lowest BCUT2D eigenvalue weighted by molar-refractivity contribution is -0.113. The predicted molar refractivity (Wildman–Crippen MR) is 108 cm³/mol. The van der Waals surface area contributed by atoms with Crippen LogP contribution >= 0.6 is 23.1 Å². The van der Waals surface area contributed by atoms with Gasteiger partial charge in [0.15, 0.2) is 0 Å². The molecule has 0 atom stereocenters. The van der Waals surface area contributed by atoms with Crippen molar-refractivity contribution in [2.45, 2.75) is 30.8 Å². The van der Waals surface area contributed by atoms with Crippen LogP contribution in [-0.2, 0) is 17.6 Å². The van der Waals surface area contributed by atoms with Crippen molar-refractivity contribution >= 4 is 39.9 Å². The van der Waals surface area contributed by atoms with Gasteiger partial charge in [-0.25, -0.2) is 0 Å². The highest BCUT2D eigenvalue weighted by Crippen LogP contribution is 2.38. The molecule has 144 valence electrons. The molecule has 0 spiro atoms. The number of hydrogen-bond acceptors (Lipinski definition) is 7. The fraction of sp³-hybridized carbons (Fsp3) is 0.278. The van der Waals surface area contributed by atoms with Crippen LogP contribution in [0.1, 0.15) is 33.6 Å². The Kier molecular flexibility index (Phi) is 5.40. The van der Waals surface area contributed by atoms with Gasteiger partial charge in [0.1, 0.15) is 5.00 Å². The van der Waals surface area contributed by atoms with E-state index in [1.807, 2.05) is 30.3 Å². The molecule has 8 nitrogen and oxygen atoms in total. The molecule has 0 radical (unpaired) electrons. The van der Waals surface area contributed by atoms with Gasteiger partial charge in [0.25, 0.3) is 5.91 Å². The van der Waals surface area contributed by atoms with Crippen molar-refractivity contribution in [2.24, 2.45) is 5.73 Å². The summed E-state index contributed by atoms with van der Waals surface area (Å²) in [6.07, 6.45) is 3.89. The number of rotatable bonds is 6. The predicted octanol–water partition coefficient (Wildman–Crippen LogP) is 2.43. The van der Waals surface area contributed by atoms with Crippen LogP contribution in [0, 0.1) is 0 Å². The fourth-order valence-electron chi connectivity index (χ4n) is 3.21. The Labute approximate surface area is 169 Å². The van der Waals surface area contributed by atoms with E-state index in [4.69, 9.17) is 5.73 Å². The number of hydrogen-bond donors (Lipinski definition) is 2. The van der Waals surface area contributed by atoms with Crippen LogP contribution in [0.5, 0.6) is 0 Å². The molecule has 0 fully saturated rings. The number of primary amides is 1. The molecule has 10 heteroatoms. The third-order valence-electron chi connectivity index (χ3n) is 4.44. The maximum Gasteiger partial charge on any atom is 0.251 e. The van der Waals surface area contributed by atoms with Gasteiger partial charge in [-0.05, 0) is 53.8 Å². The van der Waals surface area contributed by atoms with E-state index < -0.39 is 5.91 Å². The van der Waals surface area contributed by atoms with E-state index in [0.717, 1.165) is 41.8 Å². The first-order valence-corrected chi connectivity index (χ1v) is 10.6. The Morgan fingerprint density at radius 2 is 2.00 bits per heavy atom. The number of thiophene rings is 1. The molecule has 3 aromatic rings. The zero-order valence-electron chi connectivity index (χ0n) is 14.9. The van der Waals surface area contributed by atoms with Gasteiger partial charge in [-0.1, -0.05) is 30.0 Å². The average molecular weight is 415 g/mol. The molecule has 0 saturated heterocycles. The van der Waals surface area contributed by atoms with Crippen molar-refractivity contribution < 1.29 is 9.59 Å². The van der Waals surface area contributed by atoms with E-state index in [9.17, 15) is 9.59 Å². The number of tetrazole rings is 1. The molecule has 0 unspecified atom stereocenters. The van der Waals surface area contributed by atoms with Crippen molar-refractivity contribution in [1.29, 1.82) is 0 Å². The number of nitrogens with two attached hydrogens (primary N) is 1. The number of fused-ring (bicyclic) bond motifs is 1. The Hall–Kier alpha value is -2.72. The van der Waals surface area contributed by atoms with E-state index in [2.05, 4.69) is 20.8 Å². The van der Waals surface area contributed by atoms with Gasteiger partial charge in [-0.2, -0.15) is 4.68 Å². The lowest BCUT2D eigenvalue weighted by Gasteiger charge is -2.11. The molecule has 2 amide bonds. The van der Waals surface area contributed by atoms with Crippen LogP contribution in [0.25, 0.3) is 5.69 Å². The summed E-state index contributed by atoms with van der Waals surface area (Å²) < 4.78 is 1.58. The Morgan fingerprint density at radius 1 is 1.21 bits per heavy atom. The molecule has 2 heterocycles. The van der Waals surface area contributed by atoms with Crippen LogP contribution in [0.3, 0.4) is 0 Å². The standard InChI is InChI=1S/C18H18N6O2S2/c19-16(26)15-12-8-4-5-9-13(12)28-17(15)20-14(25)10-27-18-21-22-23-24(18)11-6-2-1-3-7-11/h1-3,6-7H,4-5,8-10H2,(H2,19,26)(H,20,25). The number of carbonyl (C=O) groups excluding carboxylic acids is 2. The van der Waals surface area contributed by atoms with Crippen molar-refractivity contribution in [3.05, 3.63) is 46.3 Å². The largest absolute Gasteiger partial charge is 0.365 e. The first-order valence-electron chi connectivity index (χ1n) is 8.84. The fourth-order valence-corrected chi connectivity index (χ4v) is 5.21. The number of para-hydroxylation sites is 1. The average Bonchev–Trinajstić information content (AvgIpc) is 3.31. The maximum atomic E-state index is 12.5. The summed E-state index contributed by atoms with van der Waals surface area (Å²) in [6, 6.07) is 9.46. The highest BCUT2D eigenvalue weighted by molar-refractivity contribution is 7.99. The quantitative estimate of drug-likeness (QED) is 0.599. The minimum atomic E-state index is -0.490. The summed E-state index contributed by atoms with van der Waals surface area (Å²) in [6.45, 7) is 0. The molecular formula is C18H18N6O2S2. The van der Waals surface area contributed by atoms with E-state index in [0.29, 0.717) is 15.7 Å². The second kappa shape index (κ2) is 8.11. The minimum Gasteiger partial charge on any atom is -0.365 e. The van der Waals surface area contributed by atoms with Gasteiger partial charge in [0.05, 0.1) is 17.0 Å². The van der Waals surface area contributed by atoms with Crippen LogP contribution < -0.4 is 11.1 Å². The smallest absolute Gasteiger partial charge is 0.251 e. The number of anilines is 1. The Bertz CT molecular complexity index is 1010. The van der Waals surface area contributed by atoms with Gasteiger partial charge >= 0.3 is 0 Å². The van der Waals surface area contributed by atoms with Gasteiger partial charge in [-0.15, -0.1) is 16.4 Å². The summed E-state index contributed by atoms with van der Waals surface area (Å²) in [7, 11) is 0. The van der Waals surface area contributed by atoms with E-state index in [1.54, 1.807) is 4.68 Å². The zero-order chi connectivity index (χ0) is 19.5. The first-order chi connectivity index (χ1) is 13.6. The molecule has 2 aromatic heterocycles. The van der Waals surface area contributed by atoms with Gasteiger partial charge < -0.3 is 11.1 Å². The number of benzene rings is 1. The minimum absolute atomic E-state index is 0.119. The number of carbonyl (C=O) groups is 2. The van der Waals surface area contributed by atoms with Crippen molar-refractivity contribution in [3.8, 4) is 5.69 Å². The molecule has 28 heavy (non-hydrogen) atoms. The van der Waals surface area contributed by atoms with Crippen molar-refractivity contribution in [2.75, 3.05) is 11.1 Å². The number of nitrogens with one attached hydrogen (secondary N) is 1. The van der Waals surface area contributed by atoms with Gasteiger partial charge in [0, 0.05) is 4.88 Å². The van der Waals surface area contributed by atoms with Gasteiger partial charge in [-0.3, -0.25) is 9.59 Å². The molecule has 1 aliphatic rings. The summed E-state index contributed by atoms with van der Waals surface area (Å²) in [5, 5.41) is 15.6. The highest BCUT2D eigenvalue weighted by atomic mass is 32.2. The third kappa shape index (κ3) is 3.78. The van der Waals surface area contributed by atoms with Crippen molar-refractivity contribution in [3.63, 3.8) is 0 Å². The van der Waals surface area contributed by atoms with Crippen LogP contribution in [-0.4, -0.2) is 37.8 Å². The SMILES string of the molecule is NC(=O)c1c(NC(=O)CSc2nnnn2-c2ccccc2)sc2c1CCCC2. The van der Waals surface area contributed by atoms with Crippen LogP contribution in [0.15, 0.2) is 35.5 Å². The highest BCUT2D eigenvalue weighted by Gasteiger charge is 2.25. The summed E-state index contributed by atoms with van der Waals surface area (Å²) in [5.74, 6) is -0.599. The lowest BCUT2D eigenvalue weighted by Crippen LogP contribution is -2.19. The van der Waals surface area contributed by atoms with E-state index in [1.165, 1.54) is 23.1 Å². The number of amides is 2. The molecule has 0 saturated carbocycles. The Balaban J connectivity index is 1.46. The summed E-state index contributed by atoms with van der Waals surface area (Å²) >= 11 is 2.68. The second-order valence-corrected chi connectivity index (χ2v) is 8.37. The van der Waals surface area contributed by atoms with E-state index in [-0.39, 0.29) is 11.7 Å². The van der Waals surface area contributed by atoms with E-state index >= 15 is 0 Å². The molecule has 1 aromatic carbocycles. The number of nitrogens with zero attached hydrogens (tertiary/aromatic N) is 4. The summed E-state index contributed by atoms with van der Waals surface area (Å²) in [5.41, 5.74) is 7.86. The number of thioether (sulfide) groups is 1. The Morgan fingerprint density at radius 3 is 2.79 bits per heavy atom. The monoisotopic (exact) mass is 414 g/mol. The second-order valence-electron chi connectivity index (χ2n) is 6.32. The number of aryl methyl sites for hydroxylation is 1. The third-order valence-corrected chi connectivity index (χ3v) is 6.57.